The van der Waals surface area contributed by atoms with Gasteiger partial charge in [-0.3, -0.25) is 0 Å². The quantitative estimate of drug-likeness (QED) is 0.830. The summed E-state index contributed by atoms with van der Waals surface area (Å²) in [6, 6.07) is 3.81. The molecule has 0 bridgehead atoms. The number of aliphatic carboxylic acids is 1. The van der Waals surface area contributed by atoms with Gasteiger partial charge in [0.05, 0.1) is 7.11 Å². The molecule has 0 aliphatic carbocycles. The van der Waals surface area contributed by atoms with Gasteiger partial charge in [-0.05, 0) is 48.1 Å². The van der Waals surface area contributed by atoms with Gasteiger partial charge in [0.15, 0.2) is 0 Å². The van der Waals surface area contributed by atoms with Gasteiger partial charge < -0.3 is 9.84 Å². The molecule has 0 fully saturated rings. The molecule has 0 heterocycles. The summed E-state index contributed by atoms with van der Waals surface area (Å²) in [5.41, 5.74) is 3.93. The lowest BCUT2D eigenvalue weighted by Gasteiger charge is -2.17. The van der Waals surface area contributed by atoms with E-state index in [2.05, 4.69) is 0 Å². The molecule has 1 aromatic rings. The molecule has 0 saturated carbocycles. The van der Waals surface area contributed by atoms with Gasteiger partial charge in [-0.25, -0.2) is 4.79 Å². The van der Waals surface area contributed by atoms with Gasteiger partial charge in [0.2, 0.25) is 0 Å². The van der Waals surface area contributed by atoms with Crippen LogP contribution in [0, 0.1) is 19.8 Å². The van der Waals surface area contributed by atoms with Crippen LogP contribution in [0.3, 0.4) is 0 Å². The van der Waals surface area contributed by atoms with Crippen molar-refractivity contribution in [3.8, 4) is 5.75 Å². The second kappa shape index (κ2) is 5.71. The van der Waals surface area contributed by atoms with E-state index < -0.39 is 5.97 Å². The lowest BCUT2D eigenvalue weighted by Crippen LogP contribution is -2.02. The maximum absolute atomic E-state index is 10.9. The van der Waals surface area contributed by atoms with Crippen LogP contribution in [0.4, 0.5) is 0 Å². The van der Waals surface area contributed by atoms with Crippen molar-refractivity contribution in [2.24, 2.45) is 5.92 Å². The van der Waals surface area contributed by atoms with Crippen molar-refractivity contribution in [2.75, 3.05) is 7.11 Å². The Morgan fingerprint density at radius 1 is 1.28 bits per heavy atom. The molecule has 3 heteroatoms. The molecule has 0 amide bonds. The fourth-order valence-corrected chi connectivity index (χ4v) is 2.02. The molecule has 1 N–H and O–H groups in total. The molecule has 0 radical (unpaired) electrons. The lowest BCUT2D eigenvalue weighted by molar-refractivity contribution is -0.131. The number of hydrogen-bond acceptors (Lipinski definition) is 2. The van der Waals surface area contributed by atoms with E-state index >= 15 is 0 Å². The van der Waals surface area contributed by atoms with Crippen molar-refractivity contribution in [1.29, 1.82) is 0 Å². The minimum absolute atomic E-state index is 0.160. The van der Waals surface area contributed by atoms with Crippen molar-refractivity contribution < 1.29 is 14.6 Å². The Hall–Kier alpha value is -1.77. The van der Waals surface area contributed by atoms with Crippen LogP contribution in [0.25, 0.3) is 5.57 Å². The molecule has 18 heavy (non-hydrogen) atoms. The van der Waals surface area contributed by atoms with Crippen molar-refractivity contribution in [2.45, 2.75) is 27.7 Å². The van der Waals surface area contributed by atoms with Crippen LogP contribution in [0.5, 0.6) is 5.75 Å². The van der Waals surface area contributed by atoms with Crippen LogP contribution in [-0.4, -0.2) is 18.2 Å². The maximum Gasteiger partial charge on any atom is 0.328 e. The van der Waals surface area contributed by atoms with E-state index in [0.29, 0.717) is 0 Å². The summed E-state index contributed by atoms with van der Waals surface area (Å²) < 4.78 is 5.27. The number of ether oxygens (including phenoxy) is 1. The zero-order valence-corrected chi connectivity index (χ0v) is 11.6. The number of carbonyl (C=O) groups is 1. The van der Waals surface area contributed by atoms with E-state index in [1.807, 2.05) is 39.8 Å². The third kappa shape index (κ3) is 2.92. The smallest absolute Gasteiger partial charge is 0.328 e. The Morgan fingerprint density at radius 2 is 1.89 bits per heavy atom. The maximum atomic E-state index is 10.9. The summed E-state index contributed by atoms with van der Waals surface area (Å²) >= 11 is 0. The SMILES string of the molecule is COc1ccc(/C(=C/C(=O)O)C(C)C)c(C)c1C. The van der Waals surface area contributed by atoms with Crippen LogP contribution >= 0.6 is 0 Å². The first-order chi connectivity index (χ1) is 8.38. The summed E-state index contributed by atoms with van der Waals surface area (Å²) in [6.07, 6.45) is 1.29. The Balaban J connectivity index is 3.40. The molecular formula is C15H20O3. The van der Waals surface area contributed by atoms with Crippen LogP contribution < -0.4 is 4.74 Å². The summed E-state index contributed by atoms with van der Waals surface area (Å²) in [7, 11) is 1.64. The van der Waals surface area contributed by atoms with Gasteiger partial charge in [0.1, 0.15) is 5.75 Å². The fraction of sp³-hybridized carbons (Fsp3) is 0.400. The highest BCUT2D eigenvalue weighted by molar-refractivity contribution is 5.91. The minimum atomic E-state index is -0.911. The monoisotopic (exact) mass is 248 g/mol. The van der Waals surface area contributed by atoms with Gasteiger partial charge in [0, 0.05) is 6.08 Å². The number of hydrogen-bond donors (Lipinski definition) is 1. The van der Waals surface area contributed by atoms with E-state index in [0.717, 1.165) is 28.0 Å². The molecular weight excluding hydrogens is 228 g/mol. The molecule has 0 atom stereocenters. The number of allylic oxidation sites excluding steroid dienone is 1. The van der Waals surface area contributed by atoms with Crippen molar-refractivity contribution in [1.82, 2.24) is 0 Å². The Bertz CT molecular complexity index is 485. The average Bonchev–Trinajstić information content (AvgIpc) is 2.29. The number of rotatable bonds is 4. The summed E-state index contributed by atoms with van der Waals surface area (Å²) in [6.45, 7) is 7.96. The molecule has 1 aromatic carbocycles. The zero-order valence-electron chi connectivity index (χ0n) is 11.6. The third-order valence-electron chi connectivity index (χ3n) is 3.17. The summed E-state index contributed by atoms with van der Waals surface area (Å²) in [4.78, 5) is 10.9. The standard InChI is InChI=1S/C15H20O3/c1-9(2)13(8-15(16)17)12-6-7-14(18-5)11(4)10(12)3/h6-9H,1-5H3,(H,16,17)/b13-8+. The predicted octanol–water partition coefficient (Wildman–Crippen LogP) is 3.44. The second-order valence-electron chi connectivity index (χ2n) is 4.66. The lowest BCUT2D eigenvalue weighted by atomic mass is 9.89. The van der Waals surface area contributed by atoms with E-state index in [-0.39, 0.29) is 5.92 Å². The van der Waals surface area contributed by atoms with Crippen LogP contribution in [0.2, 0.25) is 0 Å². The third-order valence-corrected chi connectivity index (χ3v) is 3.17. The molecule has 98 valence electrons. The number of carboxylic acid groups (broad SMARTS) is 1. The Kier molecular flexibility index (Phi) is 4.54. The molecule has 0 aromatic heterocycles. The number of methoxy groups -OCH3 is 1. The van der Waals surface area contributed by atoms with E-state index in [9.17, 15) is 4.79 Å². The first-order valence-corrected chi connectivity index (χ1v) is 5.97. The first kappa shape index (κ1) is 14.3. The average molecular weight is 248 g/mol. The van der Waals surface area contributed by atoms with Crippen LogP contribution in [0.1, 0.15) is 30.5 Å². The van der Waals surface area contributed by atoms with E-state index in [4.69, 9.17) is 9.84 Å². The van der Waals surface area contributed by atoms with Gasteiger partial charge in [-0.1, -0.05) is 19.9 Å². The topological polar surface area (TPSA) is 46.5 Å². The van der Waals surface area contributed by atoms with Crippen molar-refractivity contribution in [3.63, 3.8) is 0 Å². The van der Waals surface area contributed by atoms with Gasteiger partial charge in [-0.15, -0.1) is 0 Å². The van der Waals surface area contributed by atoms with E-state index in [1.54, 1.807) is 7.11 Å². The molecule has 0 unspecified atom stereocenters. The highest BCUT2D eigenvalue weighted by Gasteiger charge is 2.14. The number of benzene rings is 1. The second-order valence-corrected chi connectivity index (χ2v) is 4.66. The Morgan fingerprint density at radius 3 is 2.33 bits per heavy atom. The van der Waals surface area contributed by atoms with Gasteiger partial charge in [0.25, 0.3) is 0 Å². The first-order valence-electron chi connectivity index (χ1n) is 5.97. The summed E-state index contributed by atoms with van der Waals surface area (Å²) in [5, 5.41) is 8.95. The zero-order chi connectivity index (χ0) is 13.9. The van der Waals surface area contributed by atoms with E-state index in [1.165, 1.54) is 6.08 Å². The fourth-order valence-electron chi connectivity index (χ4n) is 2.02. The molecule has 0 aliphatic rings. The highest BCUT2D eigenvalue weighted by Crippen LogP contribution is 2.31. The molecule has 1 rings (SSSR count). The van der Waals surface area contributed by atoms with Crippen molar-refractivity contribution in [3.05, 3.63) is 34.9 Å². The minimum Gasteiger partial charge on any atom is -0.496 e. The Labute approximate surface area is 108 Å². The largest absolute Gasteiger partial charge is 0.496 e. The highest BCUT2D eigenvalue weighted by atomic mass is 16.5. The van der Waals surface area contributed by atoms with Gasteiger partial charge in [-0.2, -0.15) is 0 Å². The molecule has 0 spiro atoms. The molecule has 0 saturated heterocycles. The van der Waals surface area contributed by atoms with Crippen LogP contribution in [-0.2, 0) is 4.79 Å². The molecule has 3 nitrogen and oxygen atoms in total. The van der Waals surface area contributed by atoms with Crippen LogP contribution in [0.15, 0.2) is 18.2 Å². The molecule has 0 aliphatic heterocycles. The predicted molar refractivity (Wildman–Crippen MR) is 72.9 cm³/mol. The number of carboxylic acids is 1. The van der Waals surface area contributed by atoms with Crippen molar-refractivity contribution >= 4 is 11.5 Å². The summed E-state index contributed by atoms with van der Waals surface area (Å²) in [5.74, 6) is 0.0776. The van der Waals surface area contributed by atoms with Gasteiger partial charge >= 0.3 is 5.97 Å². The normalized spacial score (nSPS) is 11.8.